The zero-order valence-corrected chi connectivity index (χ0v) is 10.7. The highest BCUT2D eigenvalue weighted by molar-refractivity contribution is 5.95. The van der Waals surface area contributed by atoms with Gasteiger partial charge in [0.1, 0.15) is 6.04 Å². The number of carbonyl (C=O) groups excluding carboxylic acids is 2. The van der Waals surface area contributed by atoms with Crippen molar-refractivity contribution in [2.24, 2.45) is 5.92 Å². The van der Waals surface area contributed by atoms with Gasteiger partial charge in [-0.2, -0.15) is 0 Å². The van der Waals surface area contributed by atoms with E-state index in [4.69, 9.17) is 0 Å². The molecule has 3 aliphatic rings. The van der Waals surface area contributed by atoms with E-state index in [0.717, 1.165) is 51.9 Å². The molecule has 0 radical (unpaired) electrons. The molecule has 5 heteroatoms. The van der Waals surface area contributed by atoms with Crippen LogP contribution >= 0.6 is 0 Å². The molecular formula is C13H21N3O2. The quantitative estimate of drug-likeness (QED) is 0.740. The Labute approximate surface area is 107 Å². The minimum Gasteiger partial charge on any atom is -0.331 e. The molecular weight excluding hydrogens is 230 g/mol. The van der Waals surface area contributed by atoms with Crippen molar-refractivity contribution in [2.75, 3.05) is 32.7 Å². The SMILES string of the molecule is O=C1C2CCCN2C(=O)CN1CC1CCNCC1. The van der Waals surface area contributed by atoms with Crippen LogP contribution in [0.25, 0.3) is 0 Å². The van der Waals surface area contributed by atoms with E-state index in [-0.39, 0.29) is 17.9 Å². The number of rotatable bonds is 2. The average molecular weight is 251 g/mol. The first-order chi connectivity index (χ1) is 8.75. The molecule has 18 heavy (non-hydrogen) atoms. The van der Waals surface area contributed by atoms with Crippen molar-refractivity contribution in [3.63, 3.8) is 0 Å². The zero-order valence-electron chi connectivity index (χ0n) is 10.7. The van der Waals surface area contributed by atoms with E-state index < -0.39 is 0 Å². The lowest BCUT2D eigenvalue weighted by Crippen LogP contribution is -2.58. The lowest BCUT2D eigenvalue weighted by molar-refractivity contribution is -0.154. The van der Waals surface area contributed by atoms with Gasteiger partial charge in [-0.25, -0.2) is 0 Å². The molecule has 0 spiro atoms. The molecule has 1 N–H and O–H groups in total. The molecule has 0 aromatic carbocycles. The number of nitrogens with one attached hydrogen (secondary N) is 1. The number of fused-ring (bicyclic) bond motifs is 1. The molecule has 5 nitrogen and oxygen atoms in total. The minimum absolute atomic E-state index is 0.144. The number of nitrogens with zero attached hydrogens (tertiary/aromatic N) is 2. The third-order valence-electron chi connectivity index (χ3n) is 4.43. The van der Waals surface area contributed by atoms with E-state index in [1.165, 1.54) is 0 Å². The second kappa shape index (κ2) is 4.88. The van der Waals surface area contributed by atoms with Crippen LogP contribution in [-0.4, -0.2) is 60.4 Å². The molecule has 100 valence electrons. The van der Waals surface area contributed by atoms with E-state index in [2.05, 4.69) is 5.32 Å². The van der Waals surface area contributed by atoms with Gasteiger partial charge in [0.15, 0.2) is 0 Å². The summed E-state index contributed by atoms with van der Waals surface area (Å²) in [5.41, 5.74) is 0. The summed E-state index contributed by atoms with van der Waals surface area (Å²) in [6.45, 7) is 3.93. The largest absolute Gasteiger partial charge is 0.331 e. The maximum atomic E-state index is 12.3. The zero-order chi connectivity index (χ0) is 12.5. The number of piperazine rings is 1. The Bertz CT molecular complexity index is 352. The first-order valence-corrected chi connectivity index (χ1v) is 7.04. The van der Waals surface area contributed by atoms with Crippen molar-refractivity contribution < 1.29 is 9.59 Å². The van der Waals surface area contributed by atoms with Crippen molar-refractivity contribution in [3.8, 4) is 0 Å². The minimum atomic E-state index is -0.145. The molecule has 0 aromatic rings. The van der Waals surface area contributed by atoms with Gasteiger partial charge < -0.3 is 15.1 Å². The van der Waals surface area contributed by atoms with Gasteiger partial charge in [-0.15, -0.1) is 0 Å². The molecule has 0 aliphatic carbocycles. The summed E-state index contributed by atoms with van der Waals surface area (Å²) in [5, 5.41) is 3.33. The van der Waals surface area contributed by atoms with E-state index in [1.54, 1.807) is 4.90 Å². The maximum absolute atomic E-state index is 12.3. The van der Waals surface area contributed by atoms with Gasteiger partial charge in [0.25, 0.3) is 0 Å². The highest BCUT2D eigenvalue weighted by atomic mass is 16.2. The van der Waals surface area contributed by atoms with Crippen molar-refractivity contribution in [3.05, 3.63) is 0 Å². The van der Waals surface area contributed by atoms with Crippen LogP contribution in [0.2, 0.25) is 0 Å². The monoisotopic (exact) mass is 251 g/mol. The predicted molar refractivity (Wildman–Crippen MR) is 66.9 cm³/mol. The summed E-state index contributed by atoms with van der Waals surface area (Å²) in [4.78, 5) is 27.9. The summed E-state index contributed by atoms with van der Waals surface area (Å²) in [6.07, 6.45) is 4.06. The second-order valence-corrected chi connectivity index (χ2v) is 5.66. The van der Waals surface area contributed by atoms with Gasteiger partial charge in [0.2, 0.25) is 11.8 Å². The fourth-order valence-corrected chi connectivity index (χ4v) is 3.40. The molecule has 1 unspecified atom stereocenters. The number of hydrogen-bond donors (Lipinski definition) is 1. The van der Waals surface area contributed by atoms with Gasteiger partial charge in [0, 0.05) is 13.1 Å². The van der Waals surface area contributed by atoms with Crippen LogP contribution in [0, 0.1) is 5.92 Å². The molecule has 3 saturated heterocycles. The van der Waals surface area contributed by atoms with Gasteiger partial charge in [-0.3, -0.25) is 9.59 Å². The molecule has 0 bridgehead atoms. The summed E-state index contributed by atoms with van der Waals surface area (Å²) >= 11 is 0. The Kier molecular flexibility index (Phi) is 3.24. The highest BCUT2D eigenvalue weighted by Crippen LogP contribution is 2.25. The Balaban J connectivity index is 1.65. The van der Waals surface area contributed by atoms with E-state index in [9.17, 15) is 9.59 Å². The Morgan fingerprint density at radius 2 is 1.94 bits per heavy atom. The molecule has 2 amide bonds. The lowest BCUT2D eigenvalue weighted by Gasteiger charge is -2.38. The highest BCUT2D eigenvalue weighted by Gasteiger charge is 2.42. The number of carbonyl (C=O) groups is 2. The van der Waals surface area contributed by atoms with Crippen LogP contribution in [-0.2, 0) is 9.59 Å². The van der Waals surface area contributed by atoms with E-state index in [0.29, 0.717) is 12.5 Å². The third-order valence-corrected chi connectivity index (χ3v) is 4.43. The predicted octanol–water partition coefficient (Wildman–Crippen LogP) is -0.181. The van der Waals surface area contributed by atoms with Gasteiger partial charge in [-0.1, -0.05) is 0 Å². The lowest BCUT2D eigenvalue weighted by atomic mass is 9.96. The molecule has 3 heterocycles. The summed E-state index contributed by atoms with van der Waals surface area (Å²) in [7, 11) is 0. The number of piperidine rings is 1. The Morgan fingerprint density at radius 3 is 2.72 bits per heavy atom. The molecule has 0 aromatic heterocycles. The third kappa shape index (κ3) is 2.11. The first-order valence-electron chi connectivity index (χ1n) is 7.04. The first kappa shape index (κ1) is 12.0. The Hall–Kier alpha value is -1.10. The average Bonchev–Trinajstić information content (AvgIpc) is 2.87. The molecule has 3 aliphatic heterocycles. The van der Waals surface area contributed by atoms with Crippen LogP contribution in [0.15, 0.2) is 0 Å². The van der Waals surface area contributed by atoms with Crippen LogP contribution in [0.3, 0.4) is 0 Å². The second-order valence-electron chi connectivity index (χ2n) is 5.66. The van der Waals surface area contributed by atoms with Crippen LogP contribution in [0.5, 0.6) is 0 Å². The Morgan fingerprint density at radius 1 is 1.17 bits per heavy atom. The van der Waals surface area contributed by atoms with Crippen LogP contribution < -0.4 is 5.32 Å². The topological polar surface area (TPSA) is 52.7 Å². The van der Waals surface area contributed by atoms with Gasteiger partial charge in [-0.05, 0) is 44.7 Å². The standard InChI is InChI=1S/C13H21N3O2/c17-12-9-15(8-10-3-5-14-6-4-10)13(18)11-2-1-7-16(11)12/h10-11,14H,1-9H2. The summed E-state index contributed by atoms with van der Waals surface area (Å²) in [5.74, 6) is 0.896. The summed E-state index contributed by atoms with van der Waals surface area (Å²) < 4.78 is 0. The van der Waals surface area contributed by atoms with Crippen LogP contribution in [0.4, 0.5) is 0 Å². The van der Waals surface area contributed by atoms with Crippen molar-refractivity contribution in [1.29, 1.82) is 0 Å². The number of hydrogen-bond acceptors (Lipinski definition) is 3. The molecule has 0 saturated carbocycles. The van der Waals surface area contributed by atoms with Crippen LogP contribution in [0.1, 0.15) is 25.7 Å². The number of amides is 2. The molecule has 3 fully saturated rings. The van der Waals surface area contributed by atoms with Crippen molar-refractivity contribution in [1.82, 2.24) is 15.1 Å². The van der Waals surface area contributed by atoms with Gasteiger partial charge >= 0.3 is 0 Å². The fourth-order valence-electron chi connectivity index (χ4n) is 3.40. The summed E-state index contributed by atoms with van der Waals surface area (Å²) in [6, 6.07) is -0.145. The van der Waals surface area contributed by atoms with Crippen molar-refractivity contribution in [2.45, 2.75) is 31.7 Å². The van der Waals surface area contributed by atoms with Crippen molar-refractivity contribution >= 4 is 11.8 Å². The maximum Gasteiger partial charge on any atom is 0.245 e. The van der Waals surface area contributed by atoms with E-state index in [1.807, 2.05) is 4.90 Å². The molecule has 1 atom stereocenters. The smallest absolute Gasteiger partial charge is 0.245 e. The van der Waals surface area contributed by atoms with E-state index >= 15 is 0 Å². The fraction of sp³-hybridized carbons (Fsp3) is 0.846. The molecule has 3 rings (SSSR count). The normalized spacial score (nSPS) is 29.9. The van der Waals surface area contributed by atoms with Gasteiger partial charge in [0.05, 0.1) is 6.54 Å².